The molecule has 1 heterocycles. The number of amides is 1. The highest BCUT2D eigenvalue weighted by molar-refractivity contribution is 5.94. The van der Waals surface area contributed by atoms with Gasteiger partial charge in [0.25, 0.3) is 11.5 Å². The van der Waals surface area contributed by atoms with Crippen molar-refractivity contribution < 1.29 is 4.79 Å². The summed E-state index contributed by atoms with van der Waals surface area (Å²) in [6, 6.07) is 3.24. The van der Waals surface area contributed by atoms with E-state index in [1.807, 2.05) is 6.92 Å². The number of nitrogens with zero attached hydrogens (tertiary/aromatic N) is 1. The molecular formula is C13H15N3O2. The van der Waals surface area contributed by atoms with Crippen LogP contribution >= 0.6 is 0 Å². The third kappa shape index (κ3) is 2.14. The van der Waals surface area contributed by atoms with E-state index in [1.54, 1.807) is 13.0 Å². The number of carbonyl (C=O) groups is 1. The van der Waals surface area contributed by atoms with Gasteiger partial charge >= 0.3 is 0 Å². The normalized spacial score (nSPS) is 15.8. The predicted octanol–water partition coefficient (Wildman–Crippen LogP) is 1.23. The van der Waals surface area contributed by atoms with E-state index in [4.69, 9.17) is 5.26 Å². The van der Waals surface area contributed by atoms with Crippen molar-refractivity contribution in [3.63, 3.8) is 0 Å². The molecule has 1 amide bonds. The van der Waals surface area contributed by atoms with Crippen LogP contribution in [0.3, 0.4) is 0 Å². The number of pyridine rings is 1. The second-order valence-corrected chi connectivity index (χ2v) is 4.77. The molecule has 0 unspecified atom stereocenters. The van der Waals surface area contributed by atoms with E-state index in [2.05, 4.69) is 10.3 Å². The molecule has 0 aliphatic heterocycles. The Morgan fingerprint density at radius 1 is 1.61 bits per heavy atom. The molecule has 5 nitrogen and oxygen atoms in total. The summed E-state index contributed by atoms with van der Waals surface area (Å²) in [6.45, 7) is 3.73. The van der Waals surface area contributed by atoms with Gasteiger partial charge in [-0.05, 0) is 37.8 Å². The van der Waals surface area contributed by atoms with Crippen LogP contribution in [0.4, 0.5) is 0 Å². The number of aromatic amines is 1. The topological polar surface area (TPSA) is 85.8 Å². The Morgan fingerprint density at radius 2 is 2.28 bits per heavy atom. The zero-order chi connectivity index (χ0) is 13.3. The maximum Gasteiger partial charge on any atom is 0.268 e. The number of nitrogens with one attached hydrogen (secondary N) is 2. The van der Waals surface area contributed by atoms with Crippen LogP contribution in [-0.4, -0.2) is 16.4 Å². The summed E-state index contributed by atoms with van der Waals surface area (Å²) in [4.78, 5) is 26.1. The second-order valence-electron chi connectivity index (χ2n) is 4.77. The van der Waals surface area contributed by atoms with E-state index < -0.39 is 5.56 Å². The lowest BCUT2D eigenvalue weighted by molar-refractivity contribution is 0.0924. The van der Waals surface area contributed by atoms with E-state index in [1.165, 1.54) is 6.07 Å². The SMILES string of the molecule is CCC1(NC(=O)c2[nH]c(=O)c(C#N)cc2C)CC1. The third-order valence-electron chi connectivity index (χ3n) is 3.49. The van der Waals surface area contributed by atoms with Gasteiger partial charge < -0.3 is 10.3 Å². The van der Waals surface area contributed by atoms with Gasteiger partial charge in [-0.25, -0.2) is 0 Å². The van der Waals surface area contributed by atoms with Crippen molar-refractivity contribution in [2.45, 2.75) is 38.6 Å². The first-order valence-corrected chi connectivity index (χ1v) is 5.98. The zero-order valence-electron chi connectivity index (χ0n) is 10.5. The number of hydrogen-bond acceptors (Lipinski definition) is 3. The molecule has 1 fully saturated rings. The minimum atomic E-state index is -0.519. The van der Waals surface area contributed by atoms with Crippen LogP contribution in [0.5, 0.6) is 0 Å². The Bertz CT molecular complexity index is 591. The molecule has 94 valence electrons. The summed E-state index contributed by atoms with van der Waals surface area (Å²) in [5, 5.41) is 11.7. The molecule has 1 saturated carbocycles. The molecule has 1 aromatic rings. The predicted molar refractivity (Wildman–Crippen MR) is 66.2 cm³/mol. The fourth-order valence-electron chi connectivity index (χ4n) is 1.97. The van der Waals surface area contributed by atoms with E-state index in [-0.39, 0.29) is 22.7 Å². The minimum Gasteiger partial charge on any atom is -0.345 e. The number of aromatic nitrogens is 1. The lowest BCUT2D eigenvalue weighted by Crippen LogP contribution is -2.38. The lowest BCUT2D eigenvalue weighted by Gasteiger charge is -2.15. The number of nitriles is 1. The Morgan fingerprint density at radius 3 is 2.78 bits per heavy atom. The minimum absolute atomic E-state index is 0.0284. The Kier molecular flexibility index (Phi) is 2.95. The number of aryl methyl sites for hydroxylation is 1. The van der Waals surface area contributed by atoms with Crippen LogP contribution in [0.1, 0.15) is 47.8 Å². The first-order chi connectivity index (χ1) is 8.51. The molecule has 5 heteroatoms. The van der Waals surface area contributed by atoms with Gasteiger partial charge in [0, 0.05) is 5.54 Å². The van der Waals surface area contributed by atoms with Gasteiger partial charge in [-0.15, -0.1) is 0 Å². The highest BCUT2D eigenvalue weighted by Gasteiger charge is 2.42. The molecular weight excluding hydrogens is 230 g/mol. The van der Waals surface area contributed by atoms with Gasteiger partial charge in [0.05, 0.1) is 0 Å². The lowest BCUT2D eigenvalue weighted by atomic mass is 10.1. The van der Waals surface area contributed by atoms with Crippen LogP contribution in [0.25, 0.3) is 0 Å². The van der Waals surface area contributed by atoms with Gasteiger partial charge in [0.2, 0.25) is 0 Å². The highest BCUT2D eigenvalue weighted by atomic mass is 16.2. The average Bonchev–Trinajstić information content (AvgIpc) is 3.11. The van der Waals surface area contributed by atoms with Gasteiger partial charge in [-0.2, -0.15) is 5.26 Å². The largest absolute Gasteiger partial charge is 0.345 e. The molecule has 18 heavy (non-hydrogen) atoms. The summed E-state index contributed by atoms with van der Waals surface area (Å²) in [5.74, 6) is -0.270. The summed E-state index contributed by atoms with van der Waals surface area (Å²) in [6.07, 6.45) is 2.85. The van der Waals surface area contributed by atoms with Crippen LogP contribution < -0.4 is 10.9 Å². The fraction of sp³-hybridized carbons (Fsp3) is 0.462. The van der Waals surface area contributed by atoms with Crippen molar-refractivity contribution in [1.29, 1.82) is 5.26 Å². The maximum absolute atomic E-state index is 12.1. The van der Waals surface area contributed by atoms with Crippen LogP contribution in [-0.2, 0) is 0 Å². The molecule has 0 bridgehead atoms. The molecule has 0 spiro atoms. The van der Waals surface area contributed by atoms with Crippen LogP contribution in [0.15, 0.2) is 10.9 Å². The van der Waals surface area contributed by atoms with Crippen molar-refractivity contribution in [1.82, 2.24) is 10.3 Å². The standard InChI is InChI=1S/C13H15N3O2/c1-3-13(4-5-13)16-12(18)10-8(2)6-9(7-14)11(17)15-10/h6H,3-5H2,1-2H3,(H,15,17)(H,16,18). The van der Waals surface area contributed by atoms with Crippen molar-refractivity contribution in [3.8, 4) is 6.07 Å². The zero-order valence-corrected chi connectivity index (χ0v) is 10.5. The van der Waals surface area contributed by atoms with Gasteiger partial charge in [0.15, 0.2) is 0 Å². The molecule has 2 N–H and O–H groups in total. The van der Waals surface area contributed by atoms with E-state index in [0.717, 1.165) is 19.3 Å². The number of hydrogen-bond donors (Lipinski definition) is 2. The van der Waals surface area contributed by atoms with Crippen molar-refractivity contribution in [3.05, 3.63) is 33.2 Å². The van der Waals surface area contributed by atoms with Gasteiger partial charge in [-0.3, -0.25) is 9.59 Å². The summed E-state index contributed by atoms with van der Waals surface area (Å²) < 4.78 is 0. The van der Waals surface area contributed by atoms with E-state index >= 15 is 0 Å². The number of H-pyrrole nitrogens is 1. The third-order valence-corrected chi connectivity index (χ3v) is 3.49. The first kappa shape index (κ1) is 12.4. The van der Waals surface area contributed by atoms with Crippen LogP contribution in [0.2, 0.25) is 0 Å². The Balaban J connectivity index is 2.29. The molecule has 1 aliphatic rings. The summed E-state index contributed by atoms with van der Waals surface area (Å²) in [7, 11) is 0. The van der Waals surface area contributed by atoms with Crippen LogP contribution in [0, 0.1) is 18.3 Å². The molecule has 0 aromatic carbocycles. The average molecular weight is 245 g/mol. The molecule has 1 aliphatic carbocycles. The van der Waals surface area contributed by atoms with E-state index in [0.29, 0.717) is 5.56 Å². The quantitative estimate of drug-likeness (QED) is 0.839. The van der Waals surface area contributed by atoms with Gasteiger partial charge in [-0.1, -0.05) is 6.92 Å². The summed E-state index contributed by atoms with van der Waals surface area (Å²) in [5.41, 5.74) is 0.276. The molecule has 0 saturated heterocycles. The Hall–Kier alpha value is -2.09. The number of carbonyl (C=O) groups excluding carboxylic acids is 1. The fourth-order valence-corrected chi connectivity index (χ4v) is 1.97. The smallest absolute Gasteiger partial charge is 0.268 e. The molecule has 1 aromatic heterocycles. The Labute approximate surface area is 105 Å². The summed E-state index contributed by atoms with van der Waals surface area (Å²) >= 11 is 0. The molecule has 0 radical (unpaired) electrons. The van der Waals surface area contributed by atoms with Crippen molar-refractivity contribution in [2.75, 3.05) is 0 Å². The molecule has 2 rings (SSSR count). The highest BCUT2D eigenvalue weighted by Crippen LogP contribution is 2.38. The van der Waals surface area contributed by atoms with Gasteiger partial charge in [0.1, 0.15) is 17.3 Å². The first-order valence-electron chi connectivity index (χ1n) is 5.98. The van der Waals surface area contributed by atoms with Crippen molar-refractivity contribution in [2.24, 2.45) is 0 Å². The maximum atomic E-state index is 12.1. The molecule has 0 atom stereocenters. The monoisotopic (exact) mass is 245 g/mol. The number of rotatable bonds is 3. The second kappa shape index (κ2) is 4.30. The van der Waals surface area contributed by atoms with E-state index in [9.17, 15) is 9.59 Å². The van der Waals surface area contributed by atoms with Crippen molar-refractivity contribution >= 4 is 5.91 Å².